The lowest BCUT2D eigenvalue weighted by atomic mass is 10.1. The van der Waals surface area contributed by atoms with Crippen LogP contribution in [-0.2, 0) is 0 Å². The lowest BCUT2D eigenvalue weighted by molar-refractivity contribution is 0.400. The Morgan fingerprint density at radius 1 is 1.35 bits per heavy atom. The third kappa shape index (κ3) is 5.33. The molecular formula is C16H26FNOS. The molecule has 2 atom stereocenters. The summed E-state index contributed by atoms with van der Waals surface area (Å²) in [4.78, 5) is 0. The van der Waals surface area contributed by atoms with E-state index in [1.807, 2.05) is 11.8 Å². The Kier molecular flexibility index (Phi) is 8.00. The van der Waals surface area contributed by atoms with Crippen molar-refractivity contribution in [3.05, 3.63) is 29.6 Å². The summed E-state index contributed by atoms with van der Waals surface area (Å²) < 4.78 is 18.9. The smallest absolute Gasteiger partial charge is 0.123 e. The van der Waals surface area contributed by atoms with Crippen molar-refractivity contribution < 1.29 is 9.13 Å². The average molecular weight is 299 g/mol. The van der Waals surface area contributed by atoms with E-state index >= 15 is 0 Å². The van der Waals surface area contributed by atoms with Crippen LogP contribution in [0.2, 0.25) is 0 Å². The number of methoxy groups -OCH3 is 1. The number of nitrogens with one attached hydrogen (secondary N) is 1. The first-order chi connectivity index (χ1) is 9.62. The van der Waals surface area contributed by atoms with Crippen molar-refractivity contribution in [1.29, 1.82) is 0 Å². The van der Waals surface area contributed by atoms with Crippen LogP contribution in [-0.4, -0.2) is 24.7 Å². The Morgan fingerprint density at radius 2 is 2.10 bits per heavy atom. The van der Waals surface area contributed by atoms with Gasteiger partial charge < -0.3 is 10.1 Å². The molecular weight excluding hydrogens is 273 g/mol. The van der Waals surface area contributed by atoms with Crippen molar-refractivity contribution in [1.82, 2.24) is 5.32 Å². The molecule has 1 rings (SSSR count). The van der Waals surface area contributed by atoms with Gasteiger partial charge in [0.1, 0.15) is 11.6 Å². The van der Waals surface area contributed by atoms with Crippen molar-refractivity contribution in [2.75, 3.05) is 19.4 Å². The third-order valence-corrected chi connectivity index (χ3v) is 4.76. The van der Waals surface area contributed by atoms with Gasteiger partial charge >= 0.3 is 0 Å². The zero-order valence-corrected chi connectivity index (χ0v) is 13.7. The monoisotopic (exact) mass is 299 g/mol. The molecule has 2 unspecified atom stereocenters. The maximum absolute atomic E-state index is 13.5. The second kappa shape index (κ2) is 9.24. The van der Waals surface area contributed by atoms with Crippen LogP contribution in [0.25, 0.3) is 0 Å². The van der Waals surface area contributed by atoms with Gasteiger partial charge in [-0.05, 0) is 37.6 Å². The highest BCUT2D eigenvalue weighted by molar-refractivity contribution is 7.99. The molecule has 114 valence electrons. The van der Waals surface area contributed by atoms with Crippen LogP contribution >= 0.6 is 11.8 Å². The number of halogens is 1. The summed E-state index contributed by atoms with van der Waals surface area (Å²) in [5.41, 5.74) is 0.914. The molecule has 0 radical (unpaired) electrons. The van der Waals surface area contributed by atoms with Crippen molar-refractivity contribution in [2.24, 2.45) is 0 Å². The molecule has 0 heterocycles. The molecule has 0 aliphatic carbocycles. The topological polar surface area (TPSA) is 21.3 Å². The fourth-order valence-electron chi connectivity index (χ4n) is 1.93. The number of ether oxygens (including phenoxy) is 1. The second-order valence-electron chi connectivity index (χ2n) is 4.95. The molecule has 0 spiro atoms. The molecule has 0 amide bonds. The predicted octanol–water partition coefficient (Wildman–Crippen LogP) is 4.41. The maximum Gasteiger partial charge on any atom is 0.123 e. The number of benzene rings is 1. The van der Waals surface area contributed by atoms with E-state index in [0.29, 0.717) is 5.25 Å². The molecule has 0 aromatic heterocycles. The summed E-state index contributed by atoms with van der Waals surface area (Å²) in [5, 5.41) is 4.11. The van der Waals surface area contributed by atoms with Gasteiger partial charge in [-0.15, -0.1) is 0 Å². The number of thioether (sulfide) groups is 1. The Bertz CT molecular complexity index is 400. The van der Waals surface area contributed by atoms with Crippen molar-refractivity contribution in [3.63, 3.8) is 0 Å². The normalized spacial score (nSPS) is 14.1. The first-order valence-corrected chi connectivity index (χ1v) is 8.35. The molecule has 20 heavy (non-hydrogen) atoms. The lowest BCUT2D eigenvalue weighted by Crippen LogP contribution is -2.25. The Balaban J connectivity index is 2.88. The Labute approximate surface area is 126 Å². The Hall–Kier alpha value is -0.740. The highest BCUT2D eigenvalue weighted by atomic mass is 32.2. The summed E-state index contributed by atoms with van der Waals surface area (Å²) in [7, 11) is 1.63. The van der Waals surface area contributed by atoms with E-state index in [2.05, 4.69) is 26.1 Å². The average Bonchev–Trinajstić information content (AvgIpc) is 2.47. The predicted molar refractivity (Wildman–Crippen MR) is 86.2 cm³/mol. The van der Waals surface area contributed by atoms with Crippen LogP contribution < -0.4 is 10.1 Å². The molecule has 0 aliphatic heterocycles. The number of rotatable bonds is 9. The van der Waals surface area contributed by atoms with Gasteiger partial charge in [-0.2, -0.15) is 11.8 Å². The summed E-state index contributed by atoms with van der Waals surface area (Å²) in [6.45, 7) is 7.47. The van der Waals surface area contributed by atoms with E-state index in [4.69, 9.17) is 4.74 Å². The minimum atomic E-state index is -0.211. The SMILES string of the molecule is CCCNC(CSC(C)CC)c1cc(F)ccc1OC. The van der Waals surface area contributed by atoms with Gasteiger partial charge in [0.25, 0.3) is 0 Å². The minimum Gasteiger partial charge on any atom is -0.496 e. The fourth-order valence-corrected chi connectivity index (χ4v) is 2.99. The first kappa shape index (κ1) is 17.3. The highest BCUT2D eigenvalue weighted by Gasteiger charge is 2.17. The standard InChI is InChI=1S/C16H26FNOS/c1-5-9-18-15(11-20-12(3)6-2)14-10-13(17)7-8-16(14)19-4/h7-8,10,12,15,18H,5-6,9,11H2,1-4H3. The summed E-state index contributed by atoms with van der Waals surface area (Å²) in [5.74, 6) is 1.47. The van der Waals surface area contributed by atoms with E-state index in [1.165, 1.54) is 6.07 Å². The van der Waals surface area contributed by atoms with Crippen LogP contribution in [0.3, 0.4) is 0 Å². The van der Waals surface area contributed by atoms with Gasteiger partial charge in [-0.3, -0.25) is 0 Å². The molecule has 1 N–H and O–H groups in total. The fraction of sp³-hybridized carbons (Fsp3) is 0.625. The molecule has 4 heteroatoms. The largest absolute Gasteiger partial charge is 0.496 e. The first-order valence-electron chi connectivity index (χ1n) is 7.30. The second-order valence-corrected chi connectivity index (χ2v) is 6.42. The summed E-state index contributed by atoms with van der Waals surface area (Å²) in [6.07, 6.45) is 2.20. The molecule has 0 fully saturated rings. The highest BCUT2D eigenvalue weighted by Crippen LogP contribution is 2.30. The van der Waals surface area contributed by atoms with Gasteiger partial charge in [-0.25, -0.2) is 4.39 Å². The van der Waals surface area contributed by atoms with E-state index in [0.717, 1.165) is 36.5 Å². The van der Waals surface area contributed by atoms with Gasteiger partial charge in [-0.1, -0.05) is 20.8 Å². The molecule has 0 saturated heterocycles. The van der Waals surface area contributed by atoms with Crippen LogP contribution in [0.4, 0.5) is 4.39 Å². The molecule has 0 bridgehead atoms. The maximum atomic E-state index is 13.5. The van der Waals surface area contributed by atoms with E-state index in [-0.39, 0.29) is 11.9 Å². The minimum absolute atomic E-state index is 0.125. The van der Waals surface area contributed by atoms with Gasteiger partial charge in [0.15, 0.2) is 0 Å². The Morgan fingerprint density at radius 3 is 2.70 bits per heavy atom. The van der Waals surface area contributed by atoms with Crippen LogP contribution in [0.1, 0.15) is 45.2 Å². The van der Waals surface area contributed by atoms with Crippen molar-refractivity contribution in [2.45, 2.75) is 44.9 Å². The van der Waals surface area contributed by atoms with Crippen molar-refractivity contribution in [3.8, 4) is 5.75 Å². The van der Waals surface area contributed by atoms with Crippen molar-refractivity contribution >= 4 is 11.8 Å². The van der Waals surface area contributed by atoms with Crippen LogP contribution in [0.5, 0.6) is 5.75 Å². The quantitative estimate of drug-likeness (QED) is 0.730. The molecule has 2 nitrogen and oxygen atoms in total. The van der Waals surface area contributed by atoms with Gasteiger partial charge in [0.2, 0.25) is 0 Å². The number of hydrogen-bond acceptors (Lipinski definition) is 3. The number of hydrogen-bond donors (Lipinski definition) is 1. The van der Waals surface area contributed by atoms with E-state index in [1.54, 1.807) is 19.2 Å². The van der Waals surface area contributed by atoms with Gasteiger partial charge in [0.05, 0.1) is 7.11 Å². The van der Waals surface area contributed by atoms with Crippen LogP contribution in [0, 0.1) is 5.82 Å². The molecule has 0 saturated carbocycles. The third-order valence-electron chi connectivity index (χ3n) is 3.33. The van der Waals surface area contributed by atoms with Gasteiger partial charge in [0, 0.05) is 22.6 Å². The summed E-state index contributed by atoms with van der Waals surface area (Å²) >= 11 is 1.91. The zero-order chi connectivity index (χ0) is 15.0. The molecule has 0 aliphatic rings. The zero-order valence-electron chi connectivity index (χ0n) is 12.9. The van der Waals surface area contributed by atoms with E-state index < -0.39 is 0 Å². The van der Waals surface area contributed by atoms with E-state index in [9.17, 15) is 4.39 Å². The molecule has 1 aromatic rings. The lowest BCUT2D eigenvalue weighted by Gasteiger charge is -2.22. The molecule has 1 aromatic carbocycles. The summed E-state index contributed by atoms with van der Waals surface area (Å²) in [6, 6.07) is 4.86. The van der Waals surface area contributed by atoms with Crippen LogP contribution in [0.15, 0.2) is 18.2 Å².